The van der Waals surface area contributed by atoms with Gasteiger partial charge in [0.25, 0.3) is 0 Å². The third-order valence-corrected chi connectivity index (χ3v) is 8.12. The topological polar surface area (TPSA) is 40.5 Å². The maximum absolute atomic E-state index is 10.1. The van der Waals surface area contributed by atoms with Crippen LogP contribution in [0.5, 0.6) is 0 Å². The molecule has 2 nitrogen and oxygen atoms in total. The molecule has 2 N–H and O–H groups in total. The predicted molar refractivity (Wildman–Crippen MR) is 118 cm³/mol. The van der Waals surface area contributed by atoms with Gasteiger partial charge in [0.05, 0.1) is 11.7 Å². The fraction of sp³-hybridized carbons (Fsp3) is 0.769. The van der Waals surface area contributed by atoms with E-state index in [-0.39, 0.29) is 6.10 Å². The minimum Gasteiger partial charge on any atom is -0.393 e. The third kappa shape index (κ3) is 4.82. The Morgan fingerprint density at radius 1 is 1.21 bits per heavy atom. The average Bonchev–Trinajstić information content (AvgIpc) is 2.97. The Labute approximate surface area is 172 Å². The second-order valence-corrected chi connectivity index (χ2v) is 10.9. The van der Waals surface area contributed by atoms with Crippen molar-refractivity contribution >= 4 is 0 Å². The highest BCUT2D eigenvalue weighted by atomic mass is 16.3. The van der Waals surface area contributed by atoms with Gasteiger partial charge in [0.1, 0.15) is 0 Å². The molecule has 158 valence electrons. The molecule has 3 aliphatic carbocycles. The van der Waals surface area contributed by atoms with Crippen LogP contribution in [0, 0.1) is 23.2 Å². The van der Waals surface area contributed by atoms with Crippen molar-refractivity contribution in [1.29, 1.82) is 0 Å². The van der Waals surface area contributed by atoms with Gasteiger partial charge in [-0.25, -0.2) is 0 Å². The van der Waals surface area contributed by atoms with E-state index in [0.717, 1.165) is 38.0 Å². The van der Waals surface area contributed by atoms with E-state index in [0.29, 0.717) is 17.3 Å². The average molecular weight is 387 g/mol. The van der Waals surface area contributed by atoms with Crippen molar-refractivity contribution in [2.75, 3.05) is 0 Å². The Kier molecular flexibility index (Phi) is 6.61. The Hall–Kier alpha value is -0.860. The van der Waals surface area contributed by atoms with E-state index in [1.807, 2.05) is 13.8 Å². The quantitative estimate of drug-likeness (QED) is 0.578. The molecule has 0 aromatic rings. The van der Waals surface area contributed by atoms with E-state index in [4.69, 9.17) is 0 Å². The first-order valence-electron chi connectivity index (χ1n) is 11.6. The molecule has 0 amide bonds. The van der Waals surface area contributed by atoms with Gasteiger partial charge in [-0.05, 0) is 107 Å². The van der Waals surface area contributed by atoms with E-state index in [2.05, 4.69) is 32.6 Å². The Morgan fingerprint density at radius 2 is 1.96 bits per heavy atom. The maximum atomic E-state index is 10.1. The van der Waals surface area contributed by atoms with E-state index < -0.39 is 5.60 Å². The van der Waals surface area contributed by atoms with Gasteiger partial charge in [-0.3, -0.25) is 0 Å². The second kappa shape index (κ2) is 8.48. The largest absolute Gasteiger partial charge is 0.393 e. The van der Waals surface area contributed by atoms with Crippen LogP contribution in [0.2, 0.25) is 0 Å². The highest BCUT2D eigenvalue weighted by molar-refractivity contribution is 5.36. The fourth-order valence-corrected chi connectivity index (χ4v) is 6.39. The van der Waals surface area contributed by atoms with Crippen molar-refractivity contribution in [1.82, 2.24) is 0 Å². The van der Waals surface area contributed by atoms with Gasteiger partial charge < -0.3 is 10.2 Å². The lowest BCUT2D eigenvalue weighted by Crippen LogP contribution is -2.36. The molecule has 3 rings (SSSR count). The molecule has 3 fully saturated rings. The standard InChI is InChI=1S/C26H42O2/c1-18-8-11-22(27)17-21(18)10-9-20-7-6-15-26(5)23(12-13-24(20)26)19(2)14-16-25(3,4)28/h9-10,19,22-24,27-28H,1,6-8,11-17H2,2-5H3/b20-9+,21-10-/t19-,22+,23?,24+,26-/m1/s1. The van der Waals surface area contributed by atoms with Crippen LogP contribution in [0.4, 0.5) is 0 Å². The van der Waals surface area contributed by atoms with Gasteiger partial charge in [0.15, 0.2) is 0 Å². The van der Waals surface area contributed by atoms with E-state index in [1.165, 1.54) is 43.3 Å². The first-order valence-corrected chi connectivity index (χ1v) is 11.6. The van der Waals surface area contributed by atoms with Crippen LogP contribution in [-0.4, -0.2) is 21.9 Å². The molecule has 0 bridgehead atoms. The molecule has 28 heavy (non-hydrogen) atoms. The van der Waals surface area contributed by atoms with Crippen molar-refractivity contribution < 1.29 is 10.2 Å². The number of allylic oxidation sites excluding steroid dienone is 4. The number of rotatable bonds is 5. The van der Waals surface area contributed by atoms with Gasteiger partial charge in [-0.1, -0.05) is 43.7 Å². The zero-order valence-electron chi connectivity index (χ0n) is 18.6. The Morgan fingerprint density at radius 3 is 2.68 bits per heavy atom. The van der Waals surface area contributed by atoms with Crippen LogP contribution in [0.3, 0.4) is 0 Å². The maximum Gasteiger partial charge on any atom is 0.0591 e. The molecule has 3 saturated carbocycles. The number of aliphatic hydroxyl groups excluding tert-OH is 1. The van der Waals surface area contributed by atoms with Crippen molar-refractivity contribution in [2.24, 2.45) is 23.2 Å². The summed E-state index contributed by atoms with van der Waals surface area (Å²) in [5.41, 5.74) is 3.96. The molecule has 5 atom stereocenters. The van der Waals surface area contributed by atoms with Gasteiger partial charge in [0, 0.05) is 0 Å². The van der Waals surface area contributed by atoms with Crippen molar-refractivity contribution in [2.45, 2.75) is 104 Å². The Bertz CT molecular complexity index is 635. The van der Waals surface area contributed by atoms with Crippen LogP contribution in [-0.2, 0) is 0 Å². The third-order valence-electron chi connectivity index (χ3n) is 8.12. The first-order chi connectivity index (χ1) is 13.1. The smallest absolute Gasteiger partial charge is 0.0591 e. The molecular formula is C26H42O2. The predicted octanol–water partition coefficient (Wildman–Crippen LogP) is 6.34. The normalized spacial score (nSPS) is 38.1. The van der Waals surface area contributed by atoms with Gasteiger partial charge in [0.2, 0.25) is 0 Å². The van der Waals surface area contributed by atoms with E-state index in [9.17, 15) is 10.2 Å². The second-order valence-electron chi connectivity index (χ2n) is 10.9. The molecule has 0 aliphatic heterocycles. The zero-order chi connectivity index (χ0) is 20.5. The lowest BCUT2D eigenvalue weighted by atomic mass is 9.60. The molecule has 0 saturated heterocycles. The number of aliphatic hydroxyl groups is 2. The molecule has 1 unspecified atom stereocenters. The molecule has 0 radical (unpaired) electrons. The van der Waals surface area contributed by atoms with Gasteiger partial charge >= 0.3 is 0 Å². The lowest BCUT2D eigenvalue weighted by Gasteiger charge is -2.44. The zero-order valence-corrected chi connectivity index (χ0v) is 18.6. The number of hydrogen-bond donors (Lipinski definition) is 2. The van der Waals surface area contributed by atoms with Crippen LogP contribution < -0.4 is 0 Å². The monoisotopic (exact) mass is 386 g/mol. The van der Waals surface area contributed by atoms with Crippen molar-refractivity contribution in [3.8, 4) is 0 Å². The van der Waals surface area contributed by atoms with Crippen LogP contribution in [0.25, 0.3) is 0 Å². The summed E-state index contributed by atoms with van der Waals surface area (Å²) >= 11 is 0. The molecular weight excluding hydrogens is 344 g/mol. The van der Waals surface area contributed by atoms with Crippen molar-refractivity contribution in [3.63, 3.8) is 0 Å². The van der Waals surface area contributed by atoms with Crippen LogP contribution in [0.1, 0.15) is 91.9 Å². The summed E-state index contributed by atoms with van der Waals surface area (Å²) in [7, 11) is 0. The summed E-state index contributed by atoms with van der Waals surface area (Å²) in [6.45, 7) is 13.0. The lowest BCUT2D eigenvalue weighted by molar-refractivity contribution is 0.0461. The summed E-state index contributed by atoms with van der Waals surface area (Å²) < 4.78 is 0. The summed E-state index contributed by atoms with van der Waals surface area (Å²) in [6, 6.07) is 0. The highest BCUT2D eigenvalue weighted by Crippen LogP contribution is 2.60. The van der Waals surface area contributed by atoms with Crippen LogP contribution >= 0.6 is 0 Å². The molecule has 0 aromatic carbocycles. The first kappa shape index (κ1) is 21.8. The highest BCUT2D eigenvalue weighted by Gasteiger charge is 2.50. The molecule has 0 aromatic heterocycles. The van der Waals surface area contributed by atoms with Crippen molar-refractivity contribution in [3.05, 3.63) is 35.5 Å². The molecule has 0 spiro atoms. The van der Waals surface area contributed by atoms with Gasteiger partial charge in [-0.15, -0.1) is 0 Å². The van der Waals surface area contributed by atoms with E-state index >= 15 is 0 Å². The summed E-state index contributed by atoms with van der Waals surface area (Å²) in [5.74, 6) is 2.14. The number of fused-ring (bicyclic) bond motifs is 1. The summed E-state index contributed by atoms with van der Waals surface area (Å²) in [4.78, 5) is 0. The summed E-state index contributed by atoms with van der Waals surface area (Å²) in [5, 5.41) is 20.2. The fourth-order valence-electron chi connectivity index (χ4n) is 6.39. The Balaban J connectivity index is 1.73. The van der Waals surface area contributed by atoms with Gasteiger partial charge in [-0.2, -0.15) is 0 Å². The SMILES string of the molecule is C=C1CC[C@H](O)C/C1=C/C=C1\CCC[C@]2(C)C([C@H](C)CCC(C)(C)O)CC[C@@H]12. The summed E-state index contributed by atoms with van der Waals surface area (Å²) in [6.07, 6.45) is 15.5. The van der Waals surface area contributed by atoms with E-state index in [1.54, 1.807) is 5.57 Å². The molecule has 3 aliphatic rings. The molecule has 2 heteroatoms. The molecule has 0 heterocycles. The minimum absolute atomic E-state index is 0.195. The van der Waals surface area contributed by atoms with Crippen LogP contribution in [0.15, 0.2) is 35.5 Å². The minimum atomic E-state index is -0.552. The number of hydrogen-bond acceptors (Lipinski definition) is 2.